The lowest BCUT2D eigenvalue weighted by atomic mass is 9.98. The van der Waals surface area contributed by atoms with Gasteiger partial charge in [-0.25, -0.2) is 27.8 Å². The van der Waals surface area contributed by atoms with Crippen LogP contribution in [0, 0.1) is 24.7 Å². The molecule has 0 radical (unpaired) electrons. The summed E-state index contributed by atoms with van der Waals surface area (Å²) in [6, 6.07) is 30.3. The van der Waals surface area contributed by atoms with Gasteiger partial charge in [0.1, 0.15) is 34.1 Å². The van der Waals surface area contributed by atoms with Gasteiger partial charge in [0.2, 0.25) is 0 Å². The SMILES string of the molecule is C#CCN1CCC[C@@]1(CS(=O)(=O)c1ccc(Oc2ccccc2)cc1)C(=O)NO.C#CCN1CCC[C@]1(CS(=O)(=O)c1ccc(Oc2ccccc2)cc1)C(=O)NO. The van der Waals surface area contributed by atoms with Crippen LogP contribution in [0.1, 0.15) is 25.7 Å². The van der Waals surface area contributed by atoms with Crippen LogP contribution in [0.25, 0.3) is 0 Å². The molecule has 4 aromatic rings. The number of nitrogens with one attached hydrogen (secondary N) is 2. The van der Waals surface area contributed by atoms with Crippen molar-refractivity contribution in [3.05, 3.63) is 109 Å². The van der Waals surface area contributed by atoms with Crippen LogP contribution in [-0.4, -0.2) is 97.6 Å². The minimum atomic E-state index is -3.84. The molecule has 16 heteroatoms. The van der Waals surface area contributed by atoms with Crippen LogP contribution in [0.4, 0.5) is 0 Å². The van der Waals surface area contributed by atoms with E-state index in [0.717, 1.165) is 0 Å². The Bertz CT molecular complexity index is 2170. The molecule has 304 valence electrons. The smallest absolute Gasteiger partial charge is 0.264 e. The highest BCUT2D eigenvalue weighted by Crippen LogP contribution is 2.35. The summed E-state index contributed by atoms with van der Waals surface area (Å²) in [5, 5.41) is 18.4. The van der Waals surface area contributed by atoms with Gasteiger partial charge in [-0.15, -0.1) is 12.8 Å². The molecule has 0 unspecified atom stereocenters. The molecule has 2 amide bonds. The lowest BCUT2D eigenvalue weighted by molar-refractivity contribution is -0.139. The second-order valence-electron chi connectivity index (χ2n) is 13.7. The van der Waals surface area contributed by atoms with Crippen LogP contribution in [0.2, 0.25) is 0 Å². The van der Waals surface area contributed by atoms with E-state index in [1.807, 2.05) is 36.4 Å². The first-order chi connectivity index (χ1) is 27.8. The Morgan fingerprint density at radius 3 is 1.22 bits per heavy atom. The zero-order valence-electron chi connectivity index (χ0n) is 31.5. The molecule has 2 saturated heterocycles. The molecular formula is C42H44N4O10S2. The number of hydroxylamine groups is 2. The van der Waals surface area contributed by atoms with Gasteiger partial charge in [-0.1, -0.05) is 48.2 Å². The zero-order chi connectivity index (χ0) is 41.8. The van der Waals surface area contributed by atoms with E-state index >= 15 is 0 Å². The molecule has 0 aliphatic carbocycles. The van der Waals surface area contributed by atoms with Gasteiger partial charge in [0.15, 0.2) is 19.7 Å². The first kappa shape index (κ1) is 43.4. The molecule has 0 bridgehead atoms. The normalized spacial score (nSPS) is 19.4. The van der Waals surface area contributed by atoms with E-state index in [4.69, 9.17) is 22.3 Å². The summed E-state index contributed by atoms with van der Waals surface area (Å²) >= 11 is 0. The van der Waals surface area contributed by atoms with E-state index in [0.29, 0.717) is 48.9 Å². The molecule has 2 fully saturated rings. The number of carbonyl (C=O) groups is 2. The third-order valence-electron chi connectivity index (χ3n) is 10.0. The van der Waals surface area contributed by atoms with Crippen molar-refractivity contribution in [1.82, 2.24) is 20.8 Å². The topological polar surface area (TPSA) is 192 Å². The highest BCUT2D eigenvalue weighted by molar-refractivity contribution is 7.91. The molecule has 2 aliphatic heterocycles. The Balaban J connectivity index is 0.000000221. The lowest BCUT2D eigenvalue weighted by Crippen LogP contribution is -2.58. The number of benzene rings is 4. The van der Waals surface area contributed by atoms with Gasteiger partial charge in [-0.3, -0.25) is 29.8 Å². The fourth-order valence-corrected chi connectivity index (χ4v) is 10.8. The molecule has 0 aromatic heterocycles. The first-order valence-corrected chi connectivity index (χ1v) is 21.5. The molecule has 4 N–H and O–H groups in total. The molecule has 2 aliphatic rings. The number of rotatable bonds is 14. The molecule has 14 nitrogen and oxygen atoms in total. The lowest BCUT2D eigenvalue weighted by Gasteiger charge is -2.34. The third-order valence-corrected chi connectivity index (χ3v) is 13.7. The maximum atomic E-state index is 13.1. The van der Waals surface area contributed by atoms with Crippen molar-refractivity contribution in [2.24, 2.45) is 0 Å². The van der Waals surface area contributed by atoms with Crippen molar-refractivity contribution in [3.8, 4) is 47.7 Å². The second-order valence-corrected chi connectivity index (χ2v) is 17.7. The summed E-state index contributed by atoms with van der Waals surface area (Å²) in [7, 11) is -7.67. The van der Waals surface area contributed by atoms with Crippen molar-refractivity contribution in [1.29, 1.82) is 0 Å². The van der Waals surface area contributed by atoms with Gasteiger partial charge < -0.3 is 9.47 Å². The van der Waals surface area contributed by atoms with E-state index in [1.54, 1.807) is 69.3 Å². The molecular weight excluding hydrogens is 785 g/mol. The molecule has 0 spiro atoms. The zero-order valence-corrected chi connectivity index (χ0v) is 33.1. The van der Waals surface area contributed by atoms with Gasteiger partial charge in [0.05, 0.1) is 34.4 Å². The van der Waals surface area contributed by atoms with Gasteiger partial charge in [0.25, 0.3) is 11.8 Å². The molecule has 2 heterocycles. The van der Waals surface area contributed by atoms with Gasteiger partial charge in [-0.2, -0.15) is 0 Å². The summed E-state index contributed by atoms with van der Waals surface area (Å²) in [6.07, 6.45) is 12.5. The Labute approximate surface area is 338 Å². The number of hydrogen-bond acceptors (Lipinski definition) is 12. The van der Waals surface area contributed by atoms with Crippen molar-refractivity contribution >= 4 is 31.5 Å². The van der Waals surface area contributed by atoms with Gasteiger partial charge in [0, 0.05) is 13.1 Å². The number of sulfone groups is 2. The summed E-state index contributed by atoms with van der Waals surface area (Å²) in [4.78, 5) is 28.3. The number of nitrogens with zero attached hydrogens (tertiary/aromatic N) is 2. The van der Waals surface area contributed by atoms with Crippen LogP contribution in [0.3, 0.4) is 0 Å². The fraction of sp³-hybridized carbons (Fsp3) is 0.286. The Kier molecular flexibility index (Phi) is 14.3. The number of para-hydroxylation sites is 2. The molecule has 4 aromatic carbocycles. The maximum Gasteiger partial charge on any atom is 0.264 e. The van der Waals surface area contributed by atoms with Crippen molar-refractivity contribution < 1.29 is 46.3 Å². The van der Waals surface area contributed by atoms with Crippen molar-refractivity contribution in [3.63, 3.8) is 0 Å². The Morgan fingerprint density at radius 2 is 0.914 bits per heavy atom. The number of likely N-dealkylation sites (tertiary alicyclic amines) is 2. The standard InChI is InChI=1S/2C21H22N2O5S/c2*1-2-14-23-15-6-13-21(23,20(24)22-25)16-29(26,27)19-11-9-18(10-12-19)28-17-7-4-3-5-8-17/h2*1,3-5,7-12,25H,6,13-16H2,(H,22,24)/t2*21-/m10/s1. The number of ether oxygens (including phenoxy) is 2. The summed E-state index contributed by atoms with van der Waals surface area (Å²) in [6.45, 7) is 1.20. The van der Waals surface area contributed by atoms with Crippen molar-refractivity contribution in [2.45, 2.75) is 46.6 Å². The monoisotopic (exact) mass is 828 g/mol. The van der Waals surface area contributed by atoms with Crippen LogP contribution in [0.15, 0.2) is 119 Å². The largest absolute Gasteiger partial charge is 0.457 e. The third kappa shape index (κ3) is 10.0. The van der Waals surface area contributed by atoms with E-state index < -0.39 is 54.1 Å². The van der Waals surface area contributed by atoms with Crippen LogP contribution < -0.4 is 20.4 Å². The van der Waals surface area contributed by atoms with Crippen LogP contribution in [0.5, 0.6) is 23.0 Å². The van der Waals surface area contributed by atoms with E-state index in [9.17, 15) is 36.8 Å². The fourth-order valence-electron chi connectivity index (χ4n) is 7.21. The quantitative estimate of drug-likeness (QED) is 0.0795. The minimum Gasteiger partial charge on any atom is -0.457 e. The molecule has 6 rings (SSSR count). The first-order valence-electron chi connectivity index (χ1n) is 18.2. The molecule has 2 atom stereocenters. The van der Waals surface area contributed by atoms with Crippen LogP contribution in [-0.2, 0) is 29.3 Å². The van der Waals surface area contributed by atoms with E-state index in [1.165, 1.54) is 24.3 Å². The number of hydrogen-bond donors (Lipinski definition) is 4. The maximum absolute atomic E-state index is 13.1. The van der Waals surface area contributed by atoms with Crippen LogP contribution >= 0.6 is 0 Å². The predicted molar refractivity (Wildman–Crippen MR) is 215 cm³/mol. The van der Waals surface area contributed by atoms with E-state index in [-0.39, 0.29) is 35.7 Å². The predicted octanol–water partition coefficient (Wildman–Crippen LogP) is 4.45. The van der Waals surface area contributed by atoms with E-state index in [2.05, 4.69) is 11.8 Å². The Hall–Kier alpha value is -5.72. The highest BCUT2D eigenvalue weighted by atomic mass is 32.2. The molecule has 0 saturated carbocycles. The van der Waals surface area contributed by atoms with Crippen molar-refractivity contribution in [2.75, 3.05) is 37.7 Å². The molecule has 58 heavy (non-hydrogen) atoms. The highest BCUT2D eigenvalue weighted by Gasteiger charge is 2.51. The average molecular weight is 829 g/mol. The number of carbonyl (C=O) groups excluding carboxylic acids is 2. The van der Waals surface area contributed by atoms with Gasteiger partial charge >= 0.3 is 0 Å². The number of terminal acetylenes is 2. The summed E-state index contributed by atoms with van der Waals surface area (Å²) < 4.78 is 63.6. The van der Waals surface area contributed by atoms with Gasteiger partial charge in [-0.05, 0) is 98.5 Å². The Morgan fingerprint density at radius 1 is 0.586 bits per heavy atom. The summed E-state index contributed by atoms with van der Waals surface area (Å²) in [5.41, 5.74) is 0.419. The summed E-state index contributed by atoms with van der Waals surface area (Å²) in [5.74, 6) is 4.67. The minimum absolute atomic E-state index is 0.0654. The second kappa shape index (κ2) is 19.1. The number of amides is 2. The average Bonchev–Trinajstić information content (AvgIpc) is 3.82.